The molecule has 0 bridgehead atoms. The van der Waals surface area contributed by atoms with E-state index in [-0.39, 0.29) is 15.8 Å². The topological polar surface area (TPSA) is 170 Å². The van der Waals surface area contributed by atoms with Crippen molar-refractivity contribution in [2.45, 2.75) is 85.7 Å². The summed E-state index contributed by atoms with van der Waals surface area (Å²) in [5, 5.41) is 0. The maximum atomic E-state index is 12.3. The highest BCUT2D eigenvalue weighted by Gasteiger charge is 2.53. The van der Waals surface area contributed by atoms with Crippen molar-refractivity contribution in [2.24, 2.45) is 0 Å². The molecule has 0 saturated heterocycles. The summed E-state index contributed by atoms with van der Waals surface area (Å²) in [5.41, 5.74) is 2.95. The number of hydrogen-bond acceptors (Lipinski definition) is 11. The van der Waals surface area contributed by atoms with Gasteiger partial charge in [-0.25, -0.2) is 0 Å². The van der Waals surface area contributed by atoms with Crippen LogP contribution in [0.15, 0.2) is 46.2 Å². The smallest absolute Gasteiger partial charge is 0.377 e. The van der Waals surface area contributed by atoms with Crippen LogP contribution in [0.3, 0.4) is 0 Å². The lowest BCUT2D eigenvalue weighted by Gasteiger charge is -2.36. The van der Waals surface area contributed by atoms with Crippen molar-refractivity contribution in [3.63, 3.8) is 0 Å². The van der Waals surface area contributed by atoms with Crippen molar-refractivity contribution in [1.82, 2.24) is 0 Å². The van der Waals surface area contributed by atoms with E-state index in [0.717, 1.165) is 28.2 Å². The summed E-state index contributed by atoms with van der Waals surface area (Å²) in [7, 11) is -5.28. The van der Waals surface area contributed by atoms with Gasteiger partial charge < -0.3 is 31.5 Å². The van der Waals surface area contributed by atoms with E-state index in [2.05, 4.69) is 23.3 Å². The van der Waals surface area contributed by atoms with Crippen LogP contribution >= 0.6 is 0 Å². The molecule has 0 saturated carbocycles. The quantitative estimate of drug-likeness (QED) is 0.122. The Balaban J connectivity index is 1.84. The average Bonchev–Trinajstić information content (AvgIpc) is 3.42. The van der Waals surface area contributed by atoms with Gasteiger partial charge in [-0.3, -0.25) is 9.11 Å². The molecule has 0 amide bonds. The Hall–Kier alpha value is -2.08. The maximum absolute atomic E-state index is 12.3. The molecule has 0 radical (unpaired) electrons. The van der Waals surface area contributed by atoms with Crippen LogP contribution in [0.2, 0.25) is 12.1 Å². The van der Waals surface area contributed by atoms with E-state index in [9.17, 15) is 25.9 Å². The van der Waals surface area contributed by atoms with Crippen molar-refractivity contribution < 1.29 is 57.1 Å². The van der Waals surface area contributed by atoms with Gasteiger partial charge in [0, 0.05) is 96.5 Å². The first-order chi connectivity index (χ1) is 23.7. The highest BCUT2D eigenvalue weighted by Crippen LogP contribution is 2.50. The highest BCUT2D eigenvalue weighted by atomic mass is 32.2. The molecule has 2 aliphatic rings. The second kappa shape index (κ2) is 15.3. The van der Waals surface area contributed by atoms with Crippen LogP contribution in [0.25, 0.3) is 0 Å². The molecule has 0 aliphatic carbocycles. The van der Waals surface area contributed by atoms with Gasteiger partial charge in [0.15, 0.2) is 5.71 Å². The van der Waals surface area contributed by atoms with Gasteiger partial charge >= 0.3 is 17.6 Å². The van der Waals surface area contributed by atoms with Gasteiger partial charge in [-0.15, -0.1) is 0 Å². The molecule has 51 heavy (non-hydrogen) atoms. The fourth-order valence-corrected chi connectivity index (χ4v) is 12.1. The average molecular weight is 790 g/mol. The van der Waals surface area contributed by atoms with Crippen LogP contribution in [0.4, 0.5) is 11.4 Å². The largest absolute Gasteiger partial charge is 0.500 e. The number of hydrogen-bond donors (Lipinski definition) is 2. The van der Waals surface area contributed by atoms with Crippen LogP contribution in [-0.4, -0.2) is 116 Å². The van der Waals surface area contributed by atoms with Crippen LogP contribution in [0.5, 0.6) is 0 Å². The molecule has 4 rings (SSSR count). The Morgan fingerprint density at radius 2 is 1.20 bits per heavy atom. The summed E-state index contributed by atoms with van der Waals surface area (Å²) in [6.45, 7) is 9.31. The molecule has 14 nitrogen and oxygen atoms in total. The van der Waals surface area contributed by atoms with Crippen molar-refractivity contribution in [1.29, 1.82) is 0 Å². The Labute approximate surface area is 304 Å². The summed E-state index contributed by atoms with van der Waals surface area (Å²) in [5.74, 6) is 0. The third kappa shape index (κ3) is 8.07. The normalized spacial score (nSPS) is 18.7. The molecule has 2 N–H and O–H groups in total. The third-order valence-corrected chi connectivity index (χ3v) is 18.1. The minimum atomic E-state index is -4.46. The van der Waals surface area contributed by atoms with Gasteiger partial charge in [-0.05, 0) is 56.2 Å². The highest BCUT2D eigenvalue weighted by molar-refractivity contribution is 7.86. The van der Waals surface area contributed by atoms with E-state index in [1.807, 2.05) is 13.8 Å². The molecule has 2 aromatic rings. The third-order valence-electron chi connectivity index (χ3n) is 10.8. The lowest BCUT2D eigenvalue weighted by atomic mass is 9.73. The molecule has 0 fully saturated rings. The molecular formula is C33H53N2O12S2Si2+. The van der Waals surface area contributed by atoms with Crippen LogP contribution in [0.1, 0.15) is 58.1 Å². The lowest BCUT2D eigenvalue weighted by Crippen LogP contribution is -2.47. The summed E-state index contributed by atoms with van der Waals surface area (Å²) in [4.78, 5) is 1.91. The minimum Gasteiger partial charge on any atom is -0.377 e. The van der Waals surface area contributed by atoms with Gasteiger partial charge in [0.1, 0.15) is 6.54 Å². The zero-order valence-corrected chi connectivity index (χ0v) is 34.8. The standard InChI is InChI=1S/C33H52N2O12S2Si2/c1-32(2)26-21-24(48(36,37)38)13-15-28(26)34(17-11-19-50(42-5,43-6)44-7)30(32)23-31-33(3,4)27-22-25(49(39,40)41)14-16-29(27)35(31)18-12-20-51(45-8,46-9)47-10/h13-16,21-22,30H,11-12,17-20,23H2,1-10H3,(H-,36,37,38,39,40,41)/p+1. The predicted octanol–water partition coefficient (Wildman–Crippen LogP) is 4.65. The van der Waals surface area contributed by atoms with Crippen molar-refractivity contribution in [2.75, 3.05) is 60.6 Å². The molecule has 2 aromatic carbocycles. The van der Waals surface area contributed by atoms with Gasteiger partial charge in [0.2, 0.25) is 5.69 Å². The first kappa shape index (κ1) is 41.7. The molecule has 1 unspecified atom stereocenters. The van der Waals surface area contributed by atoms with Gasteiger partial charge in [0.05, 0.1) is 21.6 Å². The number of rotatable bonds is 18. The molecule has 2 heterocycles. The number of anilines is 1. The number of nitrogens with zero attached hydrogens (tertiary/aromatic N) is 2. The van der Waals surface area contributed by atoms with E-state index in [1.165, 1.54) is 12.1 Å². The monoisotopic (exact) mass is 789 g/mol. The molecule has 2 aliphatic heterocycles. The Kier molecular flexibility index (Phi) is 12.5. The van der Waals surface area contributed by atoms with E-state index in [0.29, 0.717) is 44.4 Å². The van der Waals surface area contributed by atoms with Crippen molar-refractivity contribution in [3.8, 4) is 0 Å². The summed E-state index contributed by atoms with van der Waals surface area (Å²) in [6, 6.07) is 10.3. The van der Waals surface area contributed by atoms with Gasteiger partial charge in [-0.1, -0.05) is 13.8 Å². The van der Waals surface area contributed by atoms with Crippen LogP contribution in [0, 0.1) is 0 Å². The molecule has 0 spiro atoms. The zero-order valence-electron chi connectivity index (χ0n) is 31.2. The minimum absolute atomic E-state index is 0.179. The molecule has 286 valence electrons. The number of fused-ring (bicyclic) bond motifs is 2. The van der Waals surface area contributed by atoms with E-state index in [1.54, 1.807) is 66.9 Å². The van der Waals surface area contributed by atoms with E-state index < -0.39 is 48.7 Å². The molecular weight excluding hydrogens is 737 g/mol. The number of benzene rings is 2. The second-order valence-corrected chi connectivity index (χ2v) is 23.0. The van der Waals surface area contributed by atoms with E-state index >= 15 is 0 Å². The Morgan fingerprint density at radius 3 is 1.69 bits per heavy atom. The fraction of sp³-hybridized carbons (Fsp3) is 0.606. The predicted molar refractivity (Wildman–Crippen MR) is 197 cm³/mol. The SMILES string of the molecule is CO[Si](CCCN1c2ccc(S(=O)(=O)O)cc2C(C)(C)C1CC1=[N+](CCC[Si](OC)(OC)OC)c2ccc(S(=O)(=O)O)cc2C1(C)C)(OC)OC. The molecule has 0 aromatic heterocycles. The van der Waals surface area contributed by atoms with Crippen molar-refractivity contribution in [3.05, 3.63) is 47.5 Å². The summed E-state index contributed by atoms with van der Waals surface area (Å²) >= 11 is 0. The summed E-state index contributed by atoms with van der Waals surface area (Å²) < 4.78 is 105. The van der Waals surface area contributed by atoms with Crippen LogP contribution < -0.4 is 4.90 Å². The molecule has 1 atom stereocenters. The lowest BCUT2D eigenvalue weighted by molar-refractivity contribution is -0.440. The van der Waals surface area contributed by atoms with Gasteiger partial charge in [-0.2, -0.15) is 21.4 Å². The molecule has 18 heteroatoms. The van der Waals surface area contributed by atoms with Gasteiger partial charge in [0.25, 0.3) is 20.2 Å². The van der Waals surface area contributed by atoms with Crippen LogP contribution in [-0.2, 0) is 57.6 Å². The Morgan fingerprint density at radius 1 is 0.725 bits per heavy atom. The first-order valence-corrected chi connectivity index (χ1v) is 23.4. The Bertz CT molecular complexity index is 1830. The maximum Gasteiger partial charge on any atom is 0.500 e. The second-order valence-electron chi connectivity index (χ2n) is 14.0. The zero-order chi connectivity index (χ0) is 38.2. The summed E-state index contributed by atoms with van der Waals surface area (Å²) in [6.07, 6.45) is 1.79. The fourth-order valence-electron chi connectivity index (χ4n) is 7.71. The van der Waals surface area contributed by atoms with E-state index in [4.69, 9.17) is 26.6 Å². The van der Waals surface area contributed by atoms with Crippen molar-refractivity contribution >= 4 is 54.9 Å². The first-order valence-electron chi connectivity index (χ1n) is 16.7.